The molecule has 0 fully saturated rings. The SMILES string of the molecule is CCC(OC)c1noc(-c2nccnc2N)n1. The lowest BCUT2D eigenvalue weighted by Gasteiger charge is -2.05. The van der Waals surface area contributed by atoms with Gasteiger partial charge in [0, 0.05) is 19.5 Å². The molecule has 0 aromatic carbocycles. The monoisotopic (exact) mass is 235 g/mol. The van der Waals surface area contributed by atoms with Crippen molar-refractivity contribution in [1.82, 2.24) is 20.1 Å². The quantitative estimate of drug-likeness (QED) is 0.849. The van der Waals surface area contributed by atoms with Gasteiger partial charge in [-0.05, 0) is 6.42 Å². The molecule has 0 bridgehead atoms. The highest BCUT2D eigenvalue weighted by Gasteiger charge is 2.18. The summed E-state index contributed by atoms with van der Waals surface area (Å²) in [6.45, 7) is 1.97. The van der Waals surface area contributed by atoms with Crippen LogP contribution in [0.25, 0.3) is 11.6 Å². The highest BCUT2D eigenvalue weighted by Crippen LogP contribution is 2.23. The van der Waals surface area contributed by atoms with Crippen molar-refractivity contribution in [2.75, 3.05) is 12.8 Å². The number of nitrogens with zero attached hydrogens (tertiary/aromatic N) is 4. The summed E-state index contributed by atoms with van der Waals surface area (Å²) in [5.41, 5.74) is 6.06. The fourth-order valence-corrected chi connectivity index (χ4v) is 1.43. The van der Waals surface area contributed by atoms with Crippen LogP contribution in [0.4, 0.5) is 5.82 Å². The third-order valence-corrected chi connectivity index (χ3v) is 2.31. The lowest BCUT2D eigenvalue weighted by Crippen LogP contribution is -2.02. The van der Waals surface area contributed by atoms with Gasteiger partial charge in [0.2, 0.25) is 5.82 Å². The maximum Gasteiger partial charge on any atom is 0.280 e. The molecule has 7 nitrogen and oxygen atoms in total. The molecule has 17 heavy (non-hydrogen) atoms. The van der Waals surface area contributed by atoms with Crippen molar-refractivity contribution < 1.29 is 9.26 Å². The first-order valence-corrected chi connectivity index (χ1v) is 5.19. The van der Waals surface area contributed by atoms with Gasteiger partial charge in [-0.3, -0.25) is 0 Å². The van der Waals surface area contributed by atoms with Crippen LogP contribution < -0.4 is 5.73 Å². The van der Waals surface area contributed by atoms with E-state index < -0.39 is 0 Å². The van der Waals surface area contributed by atoms with E-state index in [0.717, 1.165) is 6.42 Å². The van der Waals surface area contributed by atoms with E-state index in [4.69, 9.17) is 15.0 Å². The molecule has 7 heteroatoms. The number of hydrogen-bond donors (Lipinski definition) is 1. The second kappa shape index (κ2) is 4.88. The third-order valence-electron chi connectivity index (χ3n) is 2.31. The molecular formula is C10H13N5O2. The van der Waals surface area contributed by atoms with E-state index in [1.54, 1.807) is 7.11 Å². The zero-order valence-corrected chi connectivity index (χ0v) is 9.62. The second-order valence-corrected chi connectivity index (χ2v) is 3.38. The lowest BCUT2D eigenvalue weighted by atomic mass is 10.2. The molecule has 0 aliphatic heterocycles. The predicted molar refractivity (Wildman–Crippen MR) is 59.8 cm³/mol. The molecule has 2 rings (SSSR count). The van der Waals surface area contributed by atoms with E-state index in [2.05, 4.69) is 20.1 Å². The number of nitrogen functional groups attached to an aromatic ring is 1. The van der Waals surface area contributed by atoms with Crippen molar-refractivity contribution in [2.45, 2.75) is 19.4 Å². The predicted octanol–water partition coefficient (Wildman–Crippen LogP) is 1.21. The van der Waals surface area contributed by atoms with Gasteiger partial charge in [-0.25, -0.2) is 9.97 Å². The van der Waals surface area contributed by atoms with Gasteiger partial charge >= 0.3 is 0 Å². The van der Waals surface area contributed by atoms with Crippen LogP contribution >= 0.6 is 0 Å². The summed E-state index contributed by atoms with van der Waals surface area (Å²) in [5, 5.41) is 3.84. The molecule has 2 aromatic rings. The summed E-state index contributed by atoms with van der Waals surface area (Å²) in [6, 6.07) is 0. The largest absolute Gasteiger partial charge is 0.382 e. The van der Waals surface area contributed by atoms with Crippen LogP contribution in [0.3, 0.4) is 0 Å². The van der Waals surface area contributed by atoms with Gasteiger partial charge in [-0.15, -0.1) is 0 Å². The molecule has 0 saturated heterocycles. The first-order chi connectivity index (χ1) is 8.26. The zero-order chi connectivity index (χ0) is 12.3. The molecule has 1 atom stereocenters. The van der Waals surface area contributed by atoms with Crippen molar-refractivity contribution in [3.05, 3.63) is 18.2 Å². The third kappa shape index (κ3) is 2.23. The van der Waals surface area contributed by atoms with E-state index in [0.29, 0.717) is 11.5 Å². The minimum atomic E-state index is -0.189. The Morgan fingerprint density at radius 2 is 2.18 bits per heavy atom. The maximum absolute atomic E-state index is 5.67. The molecule has 0 saturated carbocycles. The van der Waals surface area contributed by atoms with Crippen LogP contribution in [-0.4, -0.2) is 27.2 Å². The Morgan fingerprint density at radius 1 is 1.41 bits per heavy atom. The summed E-state index contributed by atoms with van der Waals surface area (Å²) >= 11 is 0. The Morgan fingerprint density at radius 3 is 2.82 bits per heavy atom. The van der Waals surface area contributed by atoms with Crippen molar-refractivity contribution in [3.8, 4) is 11.6 Å². The average molecular weight is 235 g/mol. The van der Waals surface area contributed by atoms with Crippen molar-refractivity contribution >= 4 is 5.82 Å². The normalized spacial score (nSPS) is 12.6. The van der Waals surface area contributed by atoms with Gasteiger partial charge in [-0.1, -0.05) is 12.1 Å². The molecule has 2 heterocycles. The molecule has 0 aliphatic rings. The van der Waals surface area contributed by atoms with Gasteiger partial charge < -0.3 is 15.0 Å². The van der Waals surface area contributed by atoms with Crippen LogP contribution in [0.15, 0.2) is 16.9 Å². The molecule has 90 valence electrons. The van der Waals surface area contributed by atoms with Crippen molar-refractivity contribution in [1.29, 1.82) is 0 Å². The summed E-state index contributed by atoms with van der Waals surface area (Å²) in [4.78, 5) is 12.2. The molecule has 0 aliphatic carbocycles. The number of nitrogens with two attached hydrogens (primary N) is 1. The first-order valence-electron chi connectivity index (χ1n) is 5.19. The second-order valence-electron chi connectivity index (χ2n) is 3.38. The van der Waals surface area contributed by atoms with Crippen LogP contribution in [0.2, 0.25) is 0 Å². The Labute approximate surface area is 98.0 Å². The highest BCUT2D eigenvalue weighted by molar-refractivity contribution is 5.61. The molecular weight excluding hydrogens is 222 g/mol. The molecule has 0 amide bonds. The van der Waals surface area contributed by atoms with Gasteiger partial charge in [0.1, 0.15) is 6.10 Å². The van der Waals surface area contributed by atoms with Crippen LogP contribution in [0.5, 0.6) is 0 Å². The fraction of sp³-hybridized carbons (Fsp3) is 0.400. The summed E-state index contributed by atoms with van der Waals surface area (Å²) in [7, 11) is 1.60. The molecule has 0 radical (unpaired) electrons. The minimum Gasteiger partial charge on any atom is -0.382 e. The summed E-state index contributed by atoms with van der Waals surface area (Å²) < 4.78 is 10.3. The van der Waals surface area contributed by atoms with E-state index in [-0.39, 0.29) is 17.8 Å². The first kappa shape index (κ1) is 11.5. The van der Waals surface area contributed by atoms with E-state index in [1.807, 2.05) is 6.92 Å². The molecule has 0 spiro atoms. The van der Waals surface area contributed by atoms with E-state index in [1.165, 1.54) is 12.4 Å². The summed E-state index contributed by atoms with van der Waals surface area (Å²) in [6.07, 6.45) is 3.58. The fourth-order valence-electron chi connectivity index (χ4n) is 1.43. The number of rotatable bonds is 4. The lowest BCUT2D eigenvalue weighted by molar-refractivity contribution is 0.0903. The molecule has 1 unspecified atom stereocenters. The number of ether oxygens (including phenoxy) is 1. The van der Waals surface area contributed by atoms with Crippen LogP contribution in [-0.2, 0) is 4.74 Å². The van der Waals surface area contributed by atoms with Crippen molar-refractivity contribution in [3.63, 3.8) is 0 Å². The topological polar surface area (TPSA) is 100.0 Å². The van der Waals surface area contributed by atoms with E-state index >= 15 is 0 Å². The Hall–Kier alpha value is -2.02. The maximum atomic E-state index is 5.67. The average Bonchev–Trinajstić information content (AvgIpc) is 2.81. The Balaban J connectivity index is 2.33. The molecule has 2 N–H and O–H groups in total. The smallest absolute Gasteiger partial charge is 0.280 e. The standard InChI is InChI=1S/C10H13N5O2/c1-3-6(16-2)9-14-10(17-15-9)7-8(11)13-5-4-12-7/h4-6H,3H2,1-2H3,(H2,11,13). The van der Waals surface area contributed by atoms with Crippen LogP contribution in [0.1, 0.15) is 25.3 Å². The summed E-state index contributed by atoms with van der Waals surface area (Å²) in [5.74, 6) is 0.990. The molecule has 2 aromatic heterocycles. The Kier molecular flexibility index (Phi) is 3.29. The van der Waals surface area contributed by atoms with Crippen LogP contribution in [0, 0.1) is 0 Å². The number of hydrogen-bond acceptors (Lipinski definition) is 7. The Bertz CT molecular complexity index is 495. The number of aromatic nitrogens is 4. The van der Waals surface area contributed by atoms with Gasteiger partial charge in [0.15, 0.2) is 11.5 Å². The van der Waals surface area contributed by atoms with Gasteiger partial charge in [0.05, 0.1) is 0 Å². The van der Waals surface area contributed by atoms with Crippen molar-refractivity contribution in [2.24, 2.45) is 0 Å². The number of anilines is 1. The van der Waals surface area contributed by atoms with Gasteiger partial charge in [0.25, 0.3) is 5.89 Å². The minimum absolute atomic E-state index is 0.189. The zero-order valence-electron chi connectivity index (χ0n) is 9.62. The van der Waals surface area contributed by atoms with E-state index in [9.17, 15) is 0 Å². The number of methoxy groups -OCH3 is 1. The highest BCUT2D eigenvalue weighted by atomic mass is 16.5. The van der Waals surface area contributed by atoms with Gasteiger partial charge in [-0.2, -0.15) is 4.98 Å².